The fourth-order valence-corrected chi connectivity index (χ4v) is 5.47. The smallest absolute Gasteiger partial charge is 0.336 e. The topological polar surface area (TPSA) is 55.4 Å². The standard InChI is InChI=1S/C31H28ClNO3/c1-20-28(31(35)36-16-15-21-9-4-2-5-10-21)29(23-13-8-14-25(32)17-23)30-26(33-20)18-24(19-27(30)34)22-11-6-3-7-12-22/h2-14,17,24,29,33H,15-16,18-19H2,1H3/t24-,29-/m1/s1. The average molecular weight is 498 g/mol. The van der Waals surface area contributed by atoms with Gasteiger partial charge < -0.3 is 10.1 Å². The van der Waals surface area contributed by atoms with Crippen LogP contribution in [0.2, 0.25) is 5.02 Å². The molecule has 1 N–H and O–H groups in total. The van der Waals surface area contributed by atoms with Crippen molar-refractivity contribution in [3.05, 3.63) is 129 Å². The number of Topliss-reactive ketones (excluding diaryl/α,β-unsaturated/α-hetero) is 1. The van der Waals surface area contributed by atoms with Crippen LogP contribution in [0.3, 0.4) is 0 Å². The highest BCUT2D eigenvalue weighted by molar-refractivity contribution is 6.30. The number of allylic oxidation sites excluding steroid dienone is 3. The van der Waals surface area contributed by atoms with Gasteiger partial charge in [-0.25, -0.2) is 4.79 Å². The van der Waals surface area contributed by atoms with Crippen LogP contribution in [0.1, 0.15) is 48.3 Å². The van der Waals surface area contributed by atoms with E-state index in [1.54, 1.807) is 6.07 Å². The number of halogens is 1. The molecule has 1 heterocycles. The van der Waals surface area contributed by atoms with Crippen LogP contribution in [0, 0.1) is 0 Å². The largest absolute Gasteiger partial charge is 0.462 e. The van der Waals surface area contributed by atoms with E-state index in [9.17, 15) is 9.59 Å². The van der Waals surface area contributed by atoms with Gasteiger partial charge in [-0.2, -0.15) is 0 Å². The Morgan fingerprint density at radius 2 is 1.64 bits per heavy atom. The Bertz CT molecular complexity index is 1340. The summed E-state index contributed by atoms with van der Waals surface area (Å²) in [6.07, 6.45) is 1.73. The van der Waals surface area contributed by atoms with E-state index in [1.807, 2.05) is 73.7 Å². The molecular formula is C31H28ClNO3. The summed E-state index contributed by atoms with van der Waals surface area (Å²) in [7, 11) is 0. The number of ether oxygens (including phenoxy) is 1. The molecule has 2 atom stereocenters. The van der Waals surface area contributed by atoms with Gasteiger partial charge in [0.15, 0.2) is 5.78 Å². The number of esters is 1. The van der Waals surface area contributed by atoms with Crippen molar-refractivity contribution in [3.8, 4) is 0 Å². The number of carbonyl (C=O) groups is 2. The third-order valence-corrected chi connectivity index (χ3v) is 7.20. The maximum Gasteiger partial charge on any atom is 0.336 e. The number of hydrogen-bond donors (Lipinski definition) is 1. The van der Waals surface area contributed by atoms with Gasteiger partial charge in [-0.15, -0.1) is 0 Å². The SMILES string of the molecule is CC1=C(C(=O)OCCc2ccccc2)[C@@H](c2cccc(Cl)c2)C2=C(C[C@@H](c3ccccc3)CC2=O)N1. The molecule has 1 aliphatic heterocycles. The fourth-order valence-electron chi connectivity index (χ4n) is 5.27. The molecule has 1 aliphatic carbocycles. The Labute approximate surface area is 216 Å². The van der Waals surface area contributed by atoms with Crippen molar-refractivity contribution in [2.24, 2.45) is 0 Å². The normalized spacial score (nSPS) is 19.6. The molecule has 182 valence electrons. The Balaban J connectivity index is 1.47. The molecule has 0 unspecified atom stereocenters. The van der Waals surface area contributed by atoms with Crippen molar-refractivity contribution >= 4 is 23.4 Å². The molecule has 0 aromatic heterocycles. The van der Waals surface area contributed by atoms with E-state index in [4.69, 9.17) is 16.3 Å². The van der Waals surface area contributed by atoms with Gasteiger partial charge in [0, 0.05) is 40.7 Å². The molecule has 0 radical (unpaired) electrons. The van der Waals surface area contributed by atoms with Crippen LogP contribution >= 0.6 is 11.6 Å². The van der Waals surface area contributed by atoms with E-state index in [1.165, 1.54) is 0 Å². The first kappa shape index (κ1) is 24.1. The van der Waals surface area contributed by atoms with Gasteiger partial charge in [0.1, 0.15) is 0 Å². The number of dihydropyridines is 1. The lowest BCUT2D eigenvalue weighted by molar-refractivity contribution is -0.139. The van der Waals surface area contributed by atoms with Crippen LogP contribution in [0.4, 0.5) is 0 Å². The van der Waals surface area contributed by atoms with Crippen molar-refractivity contribution < 1.29 is 14.3 Å². The van der Waals surface area contributed by atoms with Gasteiger partial charge in [-0.1, -0.05) is 84.4 Å². The highest BCUT2D eigenvalue weighted by Crippen LogP contribution is 2.46. The Kier molecular flexibility index (Phi) is 7.06. The predicted octanol–water partition coefficient (Wildman–Crippen LogP) is 6.49. The summed E-state index contributed by atoms with van der Waals surface area (Å²) in [5, 5.41) is 3.97. The van der Waals surface area contributed by atoms with E-state index >= 15 is 0 Å². The van der Waals surface area contributed by atoms with Crippen LogP contribution in [-0.2, 0) is 20.7 Å². The number of hydrogen-bond acceptors (Lipinski definition) is 4. The lowest BCUT2D eigenvalue weighted by Crippen LogP contribution is -2.36. The highest BCUT2D eigenvalue weighted by atomic mass is 35.5. The zero-order valence-corrected chi connectivity index (χ0v) is 20.9. The Hall–Kier alpha value is -3.63. The summed E-state index contributed by atoms with van der Waals surface area (Å²) in [6, 6.07) is 27.4. The maximum absolute atomic E-state index is 13.6. The number of ketones is 1. The monoisotopic (exact) mass is 497 g/mol. The van der Waals surface area contributed by atoms with E-state index < -0.39 is 11.9 Å². The summed E-state index contributed by atoms with van der Waals surface area (Å²) < 4.78 is 5.74. The molecule has 0 spiro atoms. The first-order valence-corrected chi connectivity index (χ1v) is 12.6. The lowest BCUT2D eigenvalue weighted by Gasteiger charge is -2.36. The molecule has 3 aromatic rings. The average Bonchev–Trinajstić information content (AvgIpc) is 2.89. The van der Waals surface area contributed by atoms with Crippen molar-refractivity contribution in [1.29, 1.82) is 0 Å². The van der Waals surface area contributed by atoms with Crippen molar-refractivity contribution in [1.82, 2.24) is 5.32 Å². The van der Waals surface area contributed by atoms with Crippen LogP contribution in [0.5, 0.6) is 0 Å². The molecule has 5 rings (SSSR count). The molecule has 0 saturated carbocycles. The molecule has 0 bridgehead atoms. The molecule has 4 nitrogen and oxygen atoms in total. The van der Waals surface area contributed by atoms with Crippen molar-refractivity contribution in [3.63, 3.8) is 0 Å². The molecule has 5 heteroatoms. The van der Waals surface area contributed by atoms with Gasteiger partial charge in [0.05, 0.1) is 12.2 Å². The zero-order chi connectivity index (χ0) is 25.1. The maximum atomic E-state index is 13.6. The van der Waals surface area contributed by atoms with Gasteiger partial charge in [-0.05, 0) is 48.1 Å². The van der Waals surface area contributed by atoms with E-state index in [2.05, 4.69) is 17.4 Å². The minimum atomic E-state index is -0.520. The molecule has 2 aliphatic rings. The second-order valence-corrected chi connectivity index (χ2v) is 9.79. The van der Waals surface area contributed by atoms with E-state index in [-0.39, 0.29) is 18.3 Å². The quantitative estimate of drug-likeness (QED) is 0.395. The fraction of sp³-hybridized carbons (Fsp3) is 0.226. The number of benzene rings is 3. The second-order valence-electron chi connectivity index (χ2n) is 9.35. The minimum Gasteiger partial charge on any atom is -0.462 e. The summed E-state index contributed by atoms with van der Waals surface area (Å²) in [4.78, 5) is 27.1. The molecular weight excluding hydrogens is 470 g/mol. The summed E-state index contributed by atoms with van der Waals surface area (Å²) in [6.45, 7) is 2.14. The van der Waals surface area contributed by atoms with Crippen molar-refractivity contribution in [2.45, 2.75) is 38.0 Å². The summed E-state index contributed by atoms with van der Waals surface area (Å²) in [5.41, 5.74) is 5.77. The van der Waals surface area contributed by atoms with Crippen LogP contribution in [-0.4, -0.2) is 18.4 Å². The molecule has 3 aromatic carbocycles. The number of carbonyl (C=O) groups excluding carboxylic acids is 2. The Morgan fingerprint density at radius 3 is 2.36 bits per heavy atom. The minimum absolute atomic E-state index is 0.0460. The van der Waals surface area contributed by atoms with Crippen LogP contribution in [0.25, 0.3) is 0 Å². The number of nitrogens with one attached hydrogen (secondary N) is 1. The van der Waals surface area contributed by atoms with Gasteiger partial charge in [-0.3, -0.25) is 4.79 Å². The molecule has 0 fully saturated rings. The first-order chi connectivity index (χ1) is 17.5. The van der Waals surface area contributed by atoms with Gasteiger partial charge in [0.25, 0.3) is 0 Å². The summed E-state index contributed by atoms with van der Waals surface area (Å²) >= 11 is 6.35. The molecule has 36 heavy (non-hydrogen) atoms. The van der Waals surface area contributed by atoms with E-state index in [0.29, 0.717) is 41.1 Å². The zero-order valence-electron chi connectivity index (χ0n) is 20.2. The predicted molar refractivity (Wildman–Crippen MR) is 142 cm³/mol. The Morgan fingerprint density at radius 1 is 0.944 bits per heavy atom. The van der Waals surface area contributed by atoms with Gasteiger partial charge >= 0.3 is 5.97 Å². The lowest BCUT2D eigenvalue weighted by atomic mass is 9.72. The third-order valence-electron chi connectivity index (χ3n) is 6.97. The van der Waals surface area contributed by atoms with Crippen molar-refractivity contribution in [2.75, 3.05) is 6.61 Å². The second kappa shape index (κ2) is 10.5. The van der Waals surface area contributed by atoms with Crippen LogP contribution < -0.4 is 5.32 Å². The highest BCUT2D eigenvalue weighted by Gasteiger charge is 2.41. The van der Waals surface area contributed by atoms with Gasteiger partial charge in [0.2, 0.25) is 0 Å². The first-order valence-electron chi connectivity index (χ1n) is 12.3. The molecule has 0 amide bonds. The number of rotatable bonds is 6. The van der Waals surface area contributed by atoms with E-state index in [0.717, 1.165) is 22.4 Å². The summed E-state index contributed by atoms with van der Waals surface area (Å²) in [5.74, 6) is -0.791. The van der Waals surface area contributed by atoms with Crippen LogP contribution in [0.15, 0.2) is 107 Å². The third kappa shape index (κ3) is 5.00. The molecule has 0 saturated heterocycles.